The number of hydrogen-bond donors (Lipinski definition) is 0. The van der Waals surface area contributed by atoms with E-state index in [1.807, 2.05) is 6.07 Å². The first-order valence-corrected chi connectivity index (χ1v) is 13.1. The van der Waals surface area contributed by atoms with Crippen molar-refractivity contribution in [1.82, 2.24) is 19.4 Å². The van der Waals surface area contributed by atoms with Gasteiger partial charge in [-0.1, -0.05) is 51.8 Å². The molecule has 5 rings (SSSR count). The summed E-state index contributed by atoms with van der Waals surface area (Å²) >= 11 is 3.47. The normalized spacial score (nSPS) is 15.5. The number of nitrogens with zero attached hydrogens (tertiary/aromatic N) is 4. The van der Waals surface area contributed by atoms with Crippen LogP contribution in [0.3, 0.4) is 0 Å². The van der Waals surface area contributed by atoms with Crippen molar-refractivity contribution >= 4 is 27.0 Å². The van der Waals surface area contributed by atoms with Crippen LogP contribution in [0, 0.1) is 19.7 Å². The molecule has 35 heavy (non-hydrogen) atoms. The van der Waals surface area contributed by atoms with Gasteiger partial charge in [-0.15, -0.1) is 0 Å². The van der Waals surface area contributed by atoms with E-state index in [0.29, 0.717) is 6.54 Å². The van der Waals surface area contributed by atoms with Crippen LogP contribution in [-0.4, -0.2) is 45.5 Å². The maximum Gasteiger partial charge on any atom is 0.127 e. The fraction of sp³-hybridized carbons (Fsp3) is 0.345. The molecule has 3 aromatic carbocycles. The van der Waals surface area contributed by atoms with Gasteiger partial charge >= 0.3 is 0 Å². The summed E-state index contributed by atoms with van der Waals surface area (Å²) in [5.74, 6) is 0.980. The summed E-state index contributed by atoms with van der Waals surface area (Å²) in [6.07, 6.45) is 1.06. The third-order valence-electron chi connectivity index (χ3n) is 7.01. The van der Waals surface area contributed by atoms with E-state index in [4.69, 9.17) is 4.98 Å². The summed E-state index contributed by atoms with van der Waals surface area (Å²) < 4.78 is 17.6. The summed E-state index contributed by atoms with van der Waals surface area (Å²) in [6, 6.07) is 20.3. The lowest BCUT2D eigenvalue weighted by molar-refractivity contribution is 0.240. The molecule has 1 aromatic heterocycles. The van der Waals surface area contributed by atoms with Gasteiger partial charge < -0.3 is 4.57 Å². The van der Waals surface area contributed by atoms with E-state index < -0.39 is 0 Å². The van der Waals surface area contributed by atoms with Crippen molar-refractivity contribution in [3.63, 3.8) is 0 Å². The lowest BCUT2D eigenvalue weighted by Gasteiger charge is -2.22. The van der Waals surface area contributed by atoms with Crippen LogP contribution >= 0.6 is 15.9 Å². The van der Waals surface area contributed by atoms with Gasteiger partial charge in [-0.05, 0) is 74.8 Å². The minimum absolute atomic E-state index is 0.130. The number of rotatable bonds is 6. The van der Waals surface area contributed by atoms with Crippen molar-refractivity contribution in [2.75, 3.05) is 26.2 Å². The van der Waals surface area contributed by atoms with Gasteiger partial charge in [-0.2, -0.15) is 0 Å². The van der Waals surface area contributed by atoms with Gasteiger partial charge in [-0.3, -0.25) is 9.80 Å². The molecule has 6 heteroatoms. The Bertz CT molecular complexity index is 1330. The highest BCUT2D eigenvalue weighted by Gasteiger charge is 2.20. The molecule has 1 aliphatic rings. The highest BCUT2D eigenvalue weighted by atomic mass is 79.9. The quantitative estimate of drug-likeness (QED) is 0.289. The minimum Gasteiger partial charge on any atom is -0.322 e. The van der Waals surface area contributed by atoms with E-state index in [0.717, 1.165) is 67.1 Å². The summed E-state index contributed by atoms with van der Waals surface area (Å²) in [7, 11) is 0. The number of imidazole rings is 1. The molecule has 0 spiro atoms. The van der Waals surface area contributed by atoms with Crippen LogP contribution in [0.2, 0.25) is 0 Å². The maximum atomic E-state index is 14.3. The van der Waals surface area contributed by atoms with Gasteiger partial charge in [-0.25, -0.2) is 9.37 Å². The second-order valence-electron chi connectivity index (χ2n) is 9.67. The molecule has 4 nitrogen and oxygen atoms in total. The van der Waals surface area contributed by atoms with E-state index in [9.17, 15) is 4.39 Å². The first-order chi connectivity index (χ1) is 17.0. The van der Waals surface area contributed by atoms with Crippen LogP contribution < -0.4 is 0 Å². The van der Waals surface area contributed by atoms with E-state index in [2.05, 4.69) is 86.6 Å². The van der Waals surface area contributed by atoms with E-state index in [-0.39, 0.29) is 5.82 Å². The Morgan fingerprint density at radius 3 is 2.43 bits per heavy atom. The van der Waals surface area contributed by atoms with Crippen LogP contribution in [0.1, 0.15) is 34.5 Å². The molecule has 0 aliphatic carbocycles. The summed E-state index contributed by atoms with van der Waals surface area (Å²) in [5.41, 5.74) is 6.92. The molecule has 0 bridgehead atoms. The van der Waals surface area contributed by atoms with Crippen molar-refractivity contribution in [2.45, 2.75) is 39.9 Å². The van der Waals surface area contributed by atoms with Crippen molar-refractivity contribution in [2.24, 2.45) is 0 Å². The molecule has 4 aromatic rings. The Labute approximate surface area is 215 Å². The summed E-state index contributed by atoms with van der Waals surface area (Å²) in [5, 5.41) is 0. The fourth-order valence-corrected chi connectivity index (χ4v) is 5.42. The van der Waals surface area contributed by atoms with Crippen LogP contribution in [0.4, 0.5) is 4.39 Å². The number of aromatic nitrogens is 2. The predicted octanol–water partition coefficient (Wildman–Crippen LogP) is 6.31. The fourth-order valence-electron chi connectivity index (χ4n) is 5.01. The molecule has 0 radical (unpaired) electrons. The van der Waals surface area contributed by atoms with Crippen molar-refractivity contribution in [3.05, 3.63) is 99.0 Å². The third kappa shape index (κ3) is 5.66. The molecule has 1 saturated heterocycles. The molecule has 182 valence electrons. The Morgan fingerprint density at radius 1 is 0.829 bits per heavy atom. The average Bonchev–Trinajstić information content (AvgIpc) is 3.02. The maximum absolute atomic E-state index is 14.3. The van der Waals surface area contributed by atoms with Crippen molar-refractivity contribution < 1.29 is 4.39 Å². The molecular weight excluding hydrogens is 503 g/mol. The summed E-state index contributed by atoms with van der Waals surface area (Å²) in [4.78, 5) is 9.91. The van der Waals surface area contributed by atoms with Gasteiger partial charge in [0.15, 0.2) is 0 Å². The smallest absolute Gasteiger partial charge is 0.127 e. The lowest BCUT2D eigenvalue weighted by atomic mass is 10.1. The SMILES string of the molecule is Cc1ccc(C)c(Cn2c(CN3CCCN(Cc4cc(Br)ccc4F)CC3)nc3ccccc32)c1. The number of fused-ring (bicyclic) bond motifs is 1. The molecule has 0 amide bonds. The lowest BCUT2D eigenvalue weighted by Crippen LogP contribution is -2.31. The van der Waals surface area contributed by atoms with Gasteiger partial charge in [0.25, 0.3) is 0 Å². The van der Waals surface area contributed by atoms with E-state index in [1.165, 1.54) is 22.2 Å². The van der Waals surface area contributed by atoms with Gasteiger partial charge in [0.05, 0.1) is 17.6 Å². The van der Waals surface area contributed by atoms with Crippen LogP contribution in [0.15, 0.2) is 65.1 Å². The molecule has 0 unspecified atom stereocenters. The zero-order valence-electron chi connectivity index (χ0n) is 20.5. The molecular formula is C29H32BrFN4. The number of hydrogen-bond acceptors (Lipinski definition) is 3. The highest BCUT2D eigenvalue weighted by molar-refractivity contribution is 9.10. The van der Waals surface area contributed by atoms with Gasteiger partial charge in [0.2, 0.25) is 0 Å². The molecule has 0 saturated carbocycles. The first-order valence-electron chi connectivity index (χ1n) is 12.4. The zero-order chi connectivity index (χ0) is 24.4. The first kappa shape index (κ1) is 24.2. The Morgan fingerprint density at radius 2 is 1.60 bits per heavy atom. The van der Waals surface area contributed by atoms with Crippen molar-refractivity contribution in [3.8, 4) is 0 Å². The van der Waals surface area contributed by atoms with Gasteiger partial charge in [0, 0.05) is 36.2 Å². The Kier molecular flexibility index (Phi) is 7.32. The number of para-hydroxylation sites is 2. The summed E-state index contributed by atoms with van der Waals surface area (Å²) in [6.45, 7) is 10.5. The van der Waals surface area contributed by atoms with E-state index >= 15 is 0 Å². The van der Waals surface area contributed by atoms with Crippen LogP contribution in [0.5, 0.6) is 0 Å². The number of benzene rings is 3. The number of halogens is 2. The third-order valence-corrected chi connectivity index (χ3v) is 7.51. The standard InChI is InChI=1S/C29H32BrFN4/c1-21-8-9-22(2)23(16-21)19-35-28-7-4-3-6-27(28)32-29(35)20-34-13-5-12-33(14-15-34)18-24-17-25(30)10-11-26(24)31/h3-4,6-11,16-17H,5,12-15,18-20H2,1-2H3. The van der Waals surface area contributed by atoms with E-state index in [1.54, 1.807) is 12.1 Å². The topological polar surface area (TPSA) is 24.3 Å². The Balaban J connectivity index is 1.33. The molecule has 0 atom stereocenters. The molecule has 2 heterocycles. The number of aryl methyl sites for hydroxylation is 2. The van der Waals surface area contributed by atoms with Crippen LogP contribution in [-0.2, 0) is 19.6 Å². The largest absolute Gasteiger partial charge is 0.322 e. The predicted molar refractivity (Wildman–Crippen MR) is 144 cm³/mol. The second kappa shape index (κ2) is 10.6. The monoisotopic (exact) mass is 534 g/mol. The molecule has 1 fully saturated rings. The average molecular weight is 536 g/mol. The molecule has 1 aliphatic heterocycles. The zero-order valence-corrected chi connectivity index (χ0v) is 22.1. The molecule has 0 N–H and O–H groups in total. The highest BCUT2D eigenvalue weighted by Crippen LogP contribution is 2.22. The Hall–Kier alpha value is -2.54. The van der Waals surface area contributed by atoms with Crippen LogP contribution in [0.25, 0.3) is 11.0 Å². The van der Waals surface area contributed by atoms with Crippen molar-refractivity contribution in [1.29, 1.82) is 0 Å². The second-order valence-corrected chi connectivity index (χ2v) is 10.6. The van der Waals surface area contributed by atoms with Gasteiger partial charge in [0.1, 0.15) is 11.6 Å². The minimum atomic E-state index is -0.130.